The lowest BCUT2D eigenvalue weighted by atomic mass is 10.1. The van der Waals surface area contributed by atoms with Crippen molar-refractivity contribution in [2.24, 2.45) is 0 Å². The van der Waals surface area contributed by atoms with Gasteiger partial charge in [0.05, 0.1) is 13.2 Å². The van der Waals surface area contributed by atoms with Gasteiger partial charge < -0.3 is 25.2 Å². The molecule has 0 saturated heterocycles. The van der Waals surface area contributed by atoms with Crippen molar-refractivity contribution in [2.45, 2.75) is 27.0 Å². The summed E-state index contributed by atoms with van der Waals surface area (Å²) < 4.78 is 11.7. The van der Waals surface area contributed by atoms with E-state index in [0.29, 0.717) is 42.8 Å². The lowest BCUT2D eigenvalue weighted by Crippen LogP contribution is -2.28. The van der Waals surface area contributed by atoms with Crippen LogP contribution in [0, 0.1) is 6.92 Å². The minimum absolute atomic E-state index is 0.146. The van der Waals surface area contributed by atoms with E-state index in [-0.39, 0.29) is 6.61 Å². The van der Waals surface area contributed by atoms with Crippen LogP contribution in [0.5, 0.6) is 11.5 Å². The molecule has 148 valence electrons. The van der Waals surface area contributed by atoms with Crippen LogP contribution in [0.2, 0.25) is 5.02 Å². The largest absolute Gasteiger partial charge is 0.490 e. The van der Waals surface area contributed by atoms with Crippen molar-refractivity contribution in [3.8, 4) is 11.5 Å². The summed E-state index contributed by atoms with van der Waals surface area (Å²) in [6.07, 6.45) is 0. The Labute approximate surface area is 166 Å². The molecule has 0 atom stereocenters. The van der Waals surface area contributed by atoms with Gasteiger partial charge in [-0.3, -0.25) is 0 Å². The lowest BCUT2D eigenvalue weighted by Gasteiger charge is -2.15. The summed E-state index contributed by atoms with van der Waals surface area (Å²) in [6, 6.07) is 12.0. The van der Waals surface area contributed by atoms with Crippen molar-refractivity contribution < 1.29 is 14.6 Å². The molecule has 2 aromatic carbocycles. The number of nitrogens with one attached hydrogen (secondary N) is 2. The van der Waals surface area contributed by atoms with Crippen LogP contribution < -0.4 is 20.1 Å². The van der Waals surface area contributed by atoms with E-state index in [4.69, 9.17) is 26.2 Å². The molecule has 27 heavy (non-hydrogen) atoms. The highest BCUT2D eigenvalue weighted by atomic mass is 35.5. The Morgan fingerprint density at radius 3 is 2.37 bits per heavy atom. The molecule has 0 aliphatic carbocycles. The molecular formula is C21H29ClN2O3. The van der Waals surface area contributed by atoms with Crippen molar-refractivity contribution in [1.29, 1.82) is 0 Å². The highest BCUT2D eigenvalue weighted by molar-refractivity contribution is 6.31. The quantitative estimate of drug-likeness (QED) is 0.484. The number of halogens is 1. The molecule has 0 aliphatic heterocycles. The SMILES string of the molecule is CCOc1cc(CNCCNCCO)c(Cl)cc1OCc1ccc(C)cc1. The monoisotopic (exact) mass is 392 g/mol. The Kier molecular flexibility index (Phi) is 9.42. The standard InChI is InChI=1S/C21H29ClN2O3/c1-3-26-20-12-18(14-24-9-8-23-10-11-25)19(22)13-21(20)27-15-17-6-4-16(2)5-7-17/h4-7,12-13,23-25H,3,8-11,14-15H2,1-2H3. The average Bonchev–Trinajstić information content (AvgIpc) is 2.67. The van der Waals surface area contributed by atoms with Gasteiger partial charge in [0.25, 0.3) is 0 Å². The van der Waals surface area contributed by atoms with Crippen LogP contribution in [0.3, 0.4) is 0 Å². The fourth-order valence-corrected chi connectivity index (χ4v) is 2.76. The average molecular weight is 393 g/mol. The maximum atomic E-state index is 8.75. The van der Waals surface area contributed by atoms with Gasteiger partial charge in [0.15, 0.2) is 11.5 Å². The molecule has 2 aromatic rings. The smallest absolute Gasteiger partial charge is 0.163 e. The second-order valence-electron chi connectivity index (χ2n) is 6.25. The molecule has 0 aliphatic rings. The van der Waals surface area contributed by atoms with E-state index in [0.717, 1.165) is 24.2 Å². The predicted molar refractivity (Wildman–Crippen MR) is 110 cm³/mol. The van der Waals surface area contributed by atoms with Gasteiger partial charge in [-0.1, -0.05) is 41.4 Å². The summed E-state index contributed by atoms with van der Waals surface area (Å²) in [5.41, 5.74) is 3.28. The van der Waals surface area contributed by atoms with Gasteiger partial charge >= 0.3 is 0 Å². The summed E-state index contributed by atoms with van der Waals surface area (Å²) in [7, 11) is 0. The first-order chi connectivity index (χ1) is 13.1. The Balaban J connectivity index is 1.98. The van der Waals surface area contributed by atoms with Crippen LogP contribution in [0.4, 0.5) is 0 Å². The van der Waals surface area contributed by atoms with Crippen molar-refractivity contribution in [3.63, 3.8) is 0 Å². The molecule has 0 saturated carbocycles. The van der Waals surface area contributed by atoms with E-state index in [1.165, 1.54) is 5.56 Å². The van der Waals surface area contributed by atoms with Gasteiger partial charge in [0, 0.05) is 37.3 Å². The second kappa shape index (κ2) is 11.8. The number of benzene rings is 2. The van der Waals surface area contributed by atoms with Gasteiger partial charge in [-0.2, -0.15) is 0 Å². The lowest BCUT2D eigenvalue weighted by molar-refractivity contribution is 0.269. The number of hydrogen-bond acceptors (Lipinski definition) is 5. The fraction of sp³-hybridized carbons (Fsp3) is 0.429. The molecule has 0 amide bonds. The number of aryl methyl sites for hydroxylation is 1. The predicted octanol–water partition coefficient (Wildman–Crippen LogP) is 3.30. The van der Waals surface area contributed by atoms with Crippen LogP contribution in [0.25, 0.3) is 0 Å². The first-order valence-corrected chi connectivity index (χ1v) is 9.67. The molecular weight excluding hydrogens is 364 g/mol. The van der Waals surface area contributed by atoms with E-state index in [2.05, 4.69) is 41.8 Å². The van der Waals surface area contributed by atoms with Crippen LogP contribution in [0.15, 0.2) is 36.4 Å². The molecule has 0 bridgehead atoms. The first-order valence-electron chi connectivity index (χ1n) is 9.30. The number of aliphatic hydroxyl groups excluding tert-OH is 1. The zero-order valence-electron chi connectivity index (χ0n) is 16.1. The summed E-state index contributed by atoms with van der Waals surface area (Å²) >= 11 is 6.44. The van der Waals surface area contributed by atoms with Crippen molar-refractivity contribution >= 4 is 11.6 Å². The van der Waals surface area contributed by atoms with Gasteiger partial charge in [-0.05, 0) is 31.0 Å². The number of ether oxygens (including phenoxy) is 2. The van der Waals surface area contributed by atoms with Gasteiger partial charge in [0.1, 0.15) is 6.61 Å². The van der Waals surface area contributed by atoms with Gasteiger partial charge in [0.2, 0.25) is 0 Å². The van der Waals surface area contributed by atoms with E-state index >= 15 is 0 Å². The molecule has 0 aromatic heterocycles. The van der Waals surface area contributed by atoms with Crippen LogP contribution in [-0.4, -0.2) is 38.0 Å². The van der Waals surface area contributed by atoms with Crippen LogP contribution in [-0.2, 0) is 13.2 Å². The Hall–Kier alpha value is -1.79. The molecule has 6 heteroatoms. The third-order valence-electron chi connectivity index (χ3n) is 4.01. The third-order valence-corrected chi connectivity index (χ3v) is 4.36. The number of rotatable bonds is 12. The molecule has 0 radical (unpaired) electrons. The van der Waals surface area contributed by atoms with Crippen molar-refractivity contribution in [2.75, 3.05) is 32.8 Å². The van der Waals surface area contributed by atoms with Crippen LogP contribution in [0.1, 0.15) is 23.6 Å². The summed E-state index contributed by atoms with van der Waals surface area (Å²) in [5.74, 6) is 1.35. The third kappa shape index (κ3) is 7.39. The van der Waals surface area contributed by atoms with Crippen molar-refractivity contribution in [1.82, 2.24) is 10.6 Å². The molecule has 0 heterocycles. The van der Waals surface area contributed by atoms with Gasteiger partial charge in [-0.25, -0.2) is 0 Å². The summed E-state index contributed by atoms with van der Waals surface area (Å²) in [5, 5.41) is 15.8. The highest BCUT2D eigenvalue weighted by Crippen LogP contribution is 2.34. The van der Waals surface area contributed by atoms with E-state index in [9.17, 15) is 0 Å². The van der Waals surface area contributed by atoms with Gasteiger partial charge in [-0.15, -0.1) is 0 Å². The topological polar surface area (TPSA) is 62.8 Å². The molecule has 5 nitrogen and oxygen atoms in total. The van der Waals surface area contributed by atoms with E-state index in [1.807, 2.05) is 19.1 Å². The Bertz CT molecular complexity index is 693. The zero-order chi connectivity index (χ0) is 19.5. The highest BCUT2D eigenvalue weighted by Gasteiger charge is 2.11. The van der Waals surface area contributed by atoms with Crippen LogP contribution >= 0.6 is 11.6 Å². The van der Waals surface area contributed by atoms with E-state index < -0.39 is 0 Å². The second-order valence-corrected chi connectivity index (χ2v) is 6.66. The molecule has 2 rings (SSSR count). The Morgan fingerprint density at radius 2 is 1.67 bits per heavy atom. The maximum absolute atomic E-state index is 8.75. The molecule has 0 fully saturated rings. The summed E-state index contributed by atoms with van der Waals surface area (Å²) in [4.78, 5) is 0. The summed E-state index contributed by atoms with van der Waals surface area (Å²) in [6.45, 7) is 7.98. The van der Waals surface area contributed by atoms with Crippen molar-refractivity contribution in [3.05, 3.63) is 58.1 Å². The minimum Gasteiger partial charge on any atom is -0.490 e. The zero-order valence-corrected chi connectivity index (χ0v) is 16.8. The Morgan fingerprint density at radius 1 is 0.963 bits per heavy atom. The first kappa shape index (κ1) is 21.5. The normalized spacial score (nSPS) is 10.8. The molecule has 0 unspecified atom stereocenters. The maximum Gasteiger partial charge on any atom is 0.163 e. The molecule has 3 N–H and O–H groups in total. The van der Waals surface area contributed by atoms with E-state index in [1.54, 1.807) is 0 Å². The number of hydrogen-bond donors (Lipinski definition) is 3. The number of aliphatic hydroxyl groups is 1. The fourth-order valence-electron chi connectivity index (χ4n) is 2.54. The molecule has 0 spiro atoms. The minimum atomic E-state index is 0.146.